The van der Waals surface area contributed by atoms with E-state index in [2.05, 4.69) is 29.6 Å². The topological polar surface area (TPSA) is 67.2 Å². The highest BCUT2D eigenvalue weighted by molar-refractivity contribution is 5.96. The molecule has 1 unspecified atom stereocenters. The van der Waals surface area contributed by atoms with E-state index in [0.717, 1.165) is 12.2 Å². The van der Waals surface area contributed by atoms with E-state index in [1.807, 2.05) is 34.6 Å². The van der Waals surface area contributed by atoms with Crippen LogP contribution in [0.3, 0.4) is 0 Å². The van der Waals surface area contributed by atoms with Crippen LogP contribution in [0.5, 0.6) is 0 Å². The van der Waals surface area contributed by atoms with E-state index < -0.39 is 5.54 Å². The summed E-state index contributed by atoms with van der Waals surface area (Å²) >= 11 is 0. The van der Waals surface area contributed by atoms with E-state index in [1.165, 1.54) is 0 Å². The van der Waals surface area contributed by atoms with Crippen molar-refractivity contribution in [1.29, 1.82) is 0 Å². The average Bonchev–Trinajstić information content (AvgIpc) is 2.76. The molecular formula is C15H27N3O2. The summed E-state index contributed by atoms with van der Waals surface area (Å²) in [6, 6.07) is 2.05. The number of nitrogens with one attached hydrogen (secondary N) is 2. The average molecular weight is 281 g/mol. The first-order valence-corrected chi connectivity index (χ1v) is 7.12. The fourth-order valence-corrected chi connectivity index (χ4v) is 1.74. The Bertz CT molecular complexity index is 458. The standard InChI is InChI=1S/C15H27N3O2/c1-8-10(2)17-15(6,7)13(19)16-12-9-11(20-18-12)14(3,4)5/h9-10,17H,8H2,1-7H3,(H,16,18,19). The molecule has 0 saturated carbocycles. The molecular weight excluding hydrogens is 254 g/mol. The summed E-state index contributed by atoms with van der Waals surface area (Å²) in [6.07, 6.45) is 0.967. The molecule has 20 heavy (non-hydrogen) atoms. The molecule has 0 saturated heterocycles. The van der Waals surface area contributed by atoms with Crippen molar-refractivity contribution in [1.82, 2.24) is 10.5 Å². The Balaban J connectivity index is 2.73. The van der Waals surface area contributed by atoms with Crippen LogP contribution in [0.25, 0.3) is 0 Å². The second-order valence-electron chi connectivity index (χ2n) is 6.86. The van der Waals surface area contributed by atoms with Crippen LogP contribution in [0.1, 0.15) is 60.6 Å². The molecule has 114 valence electrons. The molecule has 0 aromatic carbocycles. The number of rotatable bonds is 5. The first-order valence-electron chi connectivity index (χ1n) is 7.12. The molecule has 5 nitrogen and oxygen atoms in total. The van der Waals surface area contributed by atoms with Gasteiger partial charge in [0.05, 0.1) is 5.54 Å². The molecule has 1 aromatic rings. The number of hydrogen-bond acceptors (Lipinski definition) is 4. The van der Waals surface area contributed by atoms with E-state index in [1.54, 1.807) is 6.07 Å². The number of aromatic nitrogens is 1. The predicted octanol–water partition coefficient (Wildman–Crippen LogP) is 3.08. The Kier molecular flexibility index (Phi) is 4.97. The lowest BCUT2D eigenvalue weighted by molar-refractivity contribution is -0.121. The van der Waals surface area contributed by atoms with Gasteiger partial charge in [0.15, 0.2) is 5.82 Å². The van der Waals surface area contributed by atoms with Crippen molar-refractivity contribution in [2.75, 3.05) is 5.32 Å². The quantitative estimate of drug-likeness (QED) is 0.870. The van der Waals surface area contributed by atoms with Crippen LogP contribution in [-0.4, -0.2) is 22.6 Å². The molecule has 1 aromatic heterocycles. The van der Waals surface area contributed by atoms with Crippen molar-refractivity contribution in [3.05, 3.63) is 11.8 Å². The van der Waals surface area contributed by atoms with Gasteiger partial charge in [-0.2, -0.15) is 0 Å². The lowest BCUT2D eigenvalue weighted by Crippen LogP contribution is -2.53. The SMILES string of the molecule is CCC(C)NC(C)(C)C(=O)Nc1cc(C(C)(C)C)on1. The van der Waals surface area contributed by atoms with Crippen molar-refractivity contribution < 1.29 is 9.32 Å². The van der Waals surface area contributed by atoms with Gasteiger partial charge in [0.2, 0.25) is 5.91 Å². The first-order chi connectivity index (χ1) is 9.06. The Morgan fingerprint density at radius 2 is 1.95 bits per heavy atom. The van der Waals surface area contributed by atoms with Crippen molar-refractivity contribution in [2.45, 2.75) is 71.9 Å². The molecule has 0 aliphatic carbocycles. The summed E-state index contributed by atoms with van der Waals surface area (Å²) in [6.45, 7) is 14.0. The highest BCUT2D eigenvalue weighted by Gasteiger charge is 2.29. The monoisotopic (exact) mass is 281 g/mol. The Morgan fingerprint density at radius 3 is 2.40 bits per heavy atom. The van der Waals surface area contributed by atoms with Crippen LogP contribution in [-0.2, 0) is 10.2 Å². The summed E-state index contributed by atoms with van der Waals surface area (Å²) in [5, 5.41) is 9.99. The van der Waals surface area contributed by atoms with Gasteiger partial charge in [-0.05, 0) is 27.2 Å². The summed E-state index contributed by atoms with van der Waals surface area (Å²) in [7, 11) is 0. The second-order valence-corrected chi connectivity index (χ2v) is 6.86. The van der Waals surface area contributed by atoms with E-state index in [-0.39, 0.29) is 17.4 Å². The molecule has 0 fully saturated rings. The summed E-state index contributed by atoms with van der Waals surface area (Å²) in [4.78, 5) is 12.3. The predicted molar refractivity (Wildman–Crippen MR) is 80.8 cm³/mol. The molecule has 0 aliphatic rings. The molecule has 1 heterocycles. The van der Waals surface area contributed by atoms with E-state index >= 15 is 0 Å². The highest BCUT2D eigenvalue weighted by Crippen LogP contribution is 2.24. The summed E-state index contributed by atoms with van der Waals surface area (Å²) in [5.41, 5.74) is -0.781. The van der Waals surface area contributed by atoms with Gasteiger partial charge in [-0.1, -0.05) is 32.9 Å². The number of hydrogen-bond donors (Lipinski definition) is 2. The molecule has 0 bridgehead atoms. The van der Waals surface area contributed by atoms with Gasteiger partial charge in [-0.15, -0.1) is 0 Å². The van der Waals surface area contributed by atoms with Gasteiger partial charge in [0.1, 0.15) is 5.76 Å². The molecule has 2 N–H and O–H groups in total. The zero-order chi connectivity index (χ0) is 15.6. The lowest BCUT2D eigenvalue weighted by atomic mass is 9.93. The number of carbonyl (C=O) groups is 1. The van der Waals surface area contributed by atoms with Crippen LogP contribution in [0.4, 0.5) is 5.82 Å². The minimum atomic E-state index is -0.656. The normalized spacial score (nSPS) is 14.2. The van der Waals surface area contributed by atoms with Gasteiger partial charge >= 0.3 is 0 Å². The van der Waals surface area contributed by atoms with Crippen molar-refractivity contribution in [3.63, 3.8) is 0 Å². The molecule has 0 spiro atoms. The third-order valence-corrected chi connectivity index (χ3v) is 3.28. The number of nitrogens with zero attached hydrogens (tertiary/aromatic N) is 1. The second kappa shape index (κ2) is 5.95. The van der Waals surface area contributed by atoms with Crippen LogP contribution < -0.4 is 10.6 Å². The maximum Gasteiger partial charge on any atom is 0.245 e. The summed E-state index contributed by atoms with van der Waals surface area (Å²) in [5.74, 6) is 1.09. The van der Waals surface area contributed by atoms with Gasteiger partial charge in [0, 0.05) is 17.5 Å². The fourth-order valence-electron chi connectivity index (χ4n) is 1.74. The van der Waals surface area contributed by atoms with Crippen LogP contribution in [0.15, 0.2) is 10.6 Å². The fraction of sp³-hybridized carbons (Fsp3) is 0.733. The van der Waals surface area contributed by atoms with Crippen LogP contribution >= 0.6 is 0 Å². The van der Waals surface area contributed by atoms with Gasteiger partial charge in [-0.25, -0.2) is 0 Å². The molecule has 1 amide bonds. The zero-order valence-electron chi connectivity index (χ0n) is 13.6. The Hall–Kier alpha value is -1.36. The Morgan fingerprint density at radius 1 is 1.35 bits per heavy atom. The lowest BCUT2D eigenvalue weighted by Gasteiger charge is -2.28. The largest absolute Gasteiger partial charge is 0.359 e. The number of carbonyl (C=O) groups excluding carboxylic acids is 1. The maximum atomic E-state index is 12.3. The Labute approximate surface area is 121 Å². The van der Waals surface area contributed by atoms with E-state index in [0.29, 0.717) is 5.82 Å². The van der Waals surface area contributed by atoms with E-state index in [9.17, 15) is 4.79 Å². The maximum absolute atomic E-state index is 12.3. The molecule has 1 rings (SSSR count). The minimum Gasteiger partial charge on any atom is -0.359 e. The molecule has 5 heteroatoms. The van der Waals surface area contributed by atoms with Crippen molar-refractivity contribution >= 4 is 11.7 Å². The number of amides is 1. The third kappa shape index (κ3) is 4.34. The first kappa shape index (κ1) is 16.7. The van der Waals surface area contributed by atoms with Crippen LogP contribution in [0, 0.1) is 0 Å². The minimum absolute atomic E-state index is 0.119. The van der Waals surface area contributed by atoms with Gasteiger partial charge < -0.3 is 15.2 Å². The van der Waals surface area contributed by atoms with Crippen LogP contribution in [0.2, 0.25) is 0 Å². The zero-order valence-corrected chi connectivity index (χ0v) is 13.6. The number of anilines is 1. The molecule has 1 atom stereocenters. The van der Waals surface area contributed by atoms with Gasteiger partial charge in [0.25, 0.3) is 0 Å². The summed E-state index contributed by atoms with van der Waals surface area (Å²) < 4.78 is 5.26. The van der Waals surface area contributed by atoms with Gasteiger partial charge in [-0.3, -0.25) is 4.79 Å². The molecule has 0 aliphatic heterocycles. The third-order valence-electron chi connectivity index (χ3n) is 3.28. The van der Waals surface area contributed by atoms with Crippen molar-refractivity contribution in [3.8, 4) is 0 Å². The van der Waals surface area contributed by atoms with E-state index in [4.69, 9.17) is 4.52 Å². The molecule has 0 radical (unpaired) electrons. The smallest absolute Gasteiger partial charge is 0.245 e. The van der Waals surface area contributed by atoms with Crippen molar-refractivity contribution in [2.24, 2.45) is 0 Å². The highest BCUT2D eigenvalue weighted by atomic mass is 16.5.